The molecule has 0 saturated carbocycles. The van der Waals surface area contributed by atoms with E-state index in [2.05, 4.69) is 11.4 Å². The van der Waals surface area contributed by atoms with Gasteiger partial charge in [-0.1, -0.05) is 35.9 Å². The fraction of sp³-hybridized carbons (Fsp3) is 0.286. The Hall–Kier alpha value is -2.95. The molecule has 1 N–H and O–H groups in total. The van der Waals surface area contributed by atoms with E-state index in [0.29, 0.717) is 11.1 Å². The maximum Gasteiger partial charge on any atom is 0.261 e. The Morgan fingerprint density at radius 2 is 1.65 bits per heavy atom. The minimum absolute atomic E-state index is 0.0811. The van der Waals surface area contributed by atoms with E-state index in [1.807, 2.05) is 32.9 Å². The van der Waals surface area contributed by atoms with Crippen molar-refractivity contribution in [1.29, 1.82) is 0 Å². The predicted octanol–water partition coefficient (Wildman–Crippen LogP) is 3.17. The van der Waals surface area contributed by atoms with Crippen molar-refractivity contribution in [3.63, 3.8) is 0 Å². The van der Waals surface area contributed by atoms with Crippen molar-refractivity contribution in [3.05, 3.63) is 70.3 Å². The number of nitrogens with zero attached hydrogens (tertiary/aromatic N) is 1. The third-order valence-electron chi connectivity index (χ3n) is 4.72. The number of benzene rings is 2. The van der Waals surface area contributed by atoms with E-state index < -0.39 is 0 Å². The first kappa shape index (κ1) is 17.9. The van der Waals surface area contributed by atoms with Gasteiger partial charge < -0.3 is 5.32 Å². The summed E-state index contributed by atoms with van der Waals surface area (Å²) in [4.78, 5) is 38.1. The molecule has 0 bridgehead atoms. The number of rotatable bonds is 5. The number of carbonyl (C=O) groups excluding carboxylic acids is 3. The molecule has 1 aliphatic heterocycles. The summed E-state index contributed by atoms with van der Waals surface area (Å²) in [7, 11) is 0. The second-order valence-electron chi connectivity index (χ2n) is 6.71. The molecule has 0 spiro atoms. The standard InChI is InChI=1S/C21H22N2O3/c1-13-8-9-14(2)18(12-13)15(3)22-19(24)10-11-23-20(25)16-6-4-5-7-17(16)21(23)26/h4-9,12,15H,10-11H2,1-3H3,(H,22,24). The largest absolute Gasteiger partial charge is 0.350 e. The van der Waals surface area contributed by atoms with Crippen LogP contribution >= 0.6 is 0 Å². The van der Waals surface area contributed by atoms with E-state index in [1.165, 1.54) is 0 Å². The Morgan fingerprint density at radius 1 is 1.04 bits per heavy atom. The first-order valence-electron chi connectivity index (χ1n) is 8.70. The molecule has 134 valence electrons. The second-order valence-corrected chi connectivity index (χ2v) is 6.71. The summed E-state index contributed by atoms with van der Waals surface area (Å²) in [5.41, 5.74) is 4.13. The van der Waals surface area contributed by atoms with Crippen LogP contribution in [0, 0.1) is 13.8 Å². The number of imide groups is 1. The van der Waals surface area contributed by atoms with Gasteiger partial charge in [0.05, 0.1) is 17.2 Å². The van der Waals surface area contributed by atoms with Crippen LogP contribution in [0.1, 0.15) is 56.8 Å². The SMILES string of the molecule is Cc1ccc(C)c(C(C)NC(=O)CCN2C(=O)c3ccccc3C2=O)c1. The highest BCUT2D eigenvalue weighted by Gasteiger charge is 2.35. The van der Waals surface area contributed by atoms with Crippen LogP contribution in [-0.2, 0) is 4.79 Å². The number of amides is 3. The lowest BCUT2D eigenvalue weighted by atomic mass is 10.00. The van der Waals surface area contributed by atoms with Gasteiger partial charge in [-0.2, -0.15) is 0 Å². The molecule has 1 atom stereocenters. The fourth-order valence-corrected chi connectivity index (χ4v) is 3.27. The van der Waals surface area contributed by atoms with Crippen LogP contribution in [0.15, 0.2) is 42.5 Å². The molecule has 1 aliphatic rings. The summed E-state index contributed by atoms with van der Waals surface area (Å²) in [5.74, 6) is -0.850. The van der Waals surface area contributed by atoms with Gasteiger partial charge in [-0.3, -0.25) is 19.3 Å². The molecule has 26 heavy (non-hydrogen) atoms. The van der Waals surface area contributed by atoms with Crippen LogP contribution in [0.3, 0.4) is 0 Å². The molecule has 2 aromatic rings. The van der Waals surface area contributed by atoms with Crippen molar-refractivity contribution in [2.45, 2.75) is 33.2 Å². The zero-order valence-corrected chi connectivity index (χ0v) is 15.2. The summed E-state index contributed by atoms with van der Waals surface area (Å²) < 4.78 is 0. The number of aryl methyl sites for hydroxylation is 2. The molecule has 0 saturated heterocycles. The Balaban J connectivity index is 1.61. The van der Waals surface area contributed by atoms with E-state index in [4.69, 9.17) is 0 Å². The number of fused-ring (bicyclic) bond motifs is 1. The zero-order valence-electron chi connectivity index (χ0n) is 15.2. The van der Waals surface area contributed by atoms with E-state index in [0.717, 1.165) is 21.6 Å². The van der Waals surface area contributed by atoms with Crippen LogP contribution in [0.4, 0.5) is 0 Å². The topological polar surface area (TPSA) is 66.5 Å². The van der Waals surface area contributed by atoms with Crippen LogP contribution in [0.5, 0.6) is 0 Å². The molecule has 3 amide bonds. The maximum atomic E-state index is 12.3. The third-order valence-corrected chi connectivity index (χ3v) is 4.72. The number of nitrogens with one attached hydrogen (secondary N) is 1. The molecule has 2 aromatic carbocycles. The molecule has 0 aromatic heterocycles. The zero-order chi connectivity index (χ0) is 18.8. The van der Waals surface area contributed by atoms with Crippen molar-refractivity contribution < 1.29 is 14.4 Å². The minimum atomic E-state index is -0.332. The smallest absolute Gasteiger partial charge is 0.261 e. The van der Waals surface area contributed by atoms with Gasteiger partial charge in [-0.05, 0) is 44.0 Å². The van der Waals surface area contributed by atoms with Gasteiger partial charge in [-0.25, -0.2) is 0 Å². The summed E-state index contributed by atoms with van der Waals surface area (Å²) >= 11 is 0. The van der Waals surface area contributed by atoms with Crippen molar-refractivity contribution in [2.24, 2.45) is 0 Å². The molecule has 1 heterocycles. The van der Waals surface area contributed by atoms with E-state index >= 15 is 0 Å². The molecule has 1 unspecified atom stereocenters. The van der Waals surface area contributed by atoms with Gasteiger partial charge in [0.25, 0.3) is 11.8 Å². The van der Waals surface area contributed by atoms with Crippen LogP contribution in [-0.4, -0.2) is 29.2 Å². The van der Waals surface area contributed by atoms with Crippen molar-refractivity contribution in [2.75, 3.05) is 6.54 Å². The Bertz CT molecular complexity index is 854. The molecular formula is C21H22N2O3. The van der Waals surface area contributed by atoms with Gasteiger partial charge >= 0.3 is 0 Å². The Labute approximate surface area is 153 Å². The van der Waals surface area contributed by atoms with Crippen LogP contribution in [0.2, 0.25) is 0 Å². The van der Waals surface area contributed by atoms with Crippen molar-refractivity contribution in [3.8, 4) is 0 Å². The van der Waals surface area contributed by atoms with Gasteiger partial charge in [0.15, 0.2) is 0 Å². The van der Waals surface area contributed by atoms with E-state index in [1.54, 1.807) is 24.3 Å². The normalized spacial score (nSPS) is 14.3. The maximum absolute atomic E-state index is 12.3. The first-order valence-corrected chi connectivity index (χ1v) is 8.70. The molecule has 3 rings (SSSR count). The number of carbonyl (C=O) groups is 3. The van der Waals surface area contributed by atoms with Gasteiger partial charge in [-0.15, -0.1) is 0 Å². The minimum Gasteiger partial charge on any atom is -0.350 e. The summed E-state index contributed by atoms with van der Waals surface area (Å²) in [6, 6.07) is 12.7. The lowest BCUT2D eigenvalue weighted by Gasteiger charge is -2.19. The lowest BCUT2D eigenvalue weighted by molar-refractivity contribution is -0.121. The Morgan fingerprint density at radius 3 is 2.27 bits per heavy atom. The average Bonchev–Trinajstić information content (AvgIpc) is 2.86. The molecule has 5 heteroatoms. The summed E-state index contributed by atoms with van der Waals surface area (Å²) in [6.45, 7) is 6.04. The molecule has 0 fully saturated rings. The summed E-state index contributed by atoms with van der Waals surface area (Å²) in [5, 5.41) is 2.95. The average molecular weight is 350 g/mol. The summed E-state index contributed by atoms with van der Waals surface area (Å²) in [6.07, 6.45) is 0.0840. The van der Waals surface area contributed by atoms with Gasteiger partial charge in [0.1, 0.15) is 0 Å². The quantitative estimate of drug-likeness (QED) is 0.842. The van der Waals surface area contributed by atoms with E-state index in [9.17, 15) is 14.4 Å². The second kappa shape index (κ2) is 7.12. The Kier molecular flexibility index (Phi) is 4.89. The van der Waals surface area contributed by atoms with Crippen molar-refractivity contribution in [1.82, 2.24) is 10.2 Å². The predicted molar refractivity (Wildman–Crippen MR) is 98.9 cm³/mol. The highest BCUT2D eigenvalue weighted by atomic mass is 16.2. The number of hydrogen-bond donors (Lipinski definition) is 1. The fourth-order valence-electron chi connectivity index (χ4n) is 3.27. The monoisotopic (exact) mass is 350 g/mol. The van der Waals surface area contributed by atoms with Gasteiger partial charge in [0.2, 0.25) is 5.91 Å². The van der Waals surface area contributed by atoms with Crippen LogP contribution < -0.4 is 5.32 Å². The van der Waals surface area contributed by atoms with E-state index in [-0.39, 0.29) is 36.7 Å². The highest BCUT2D eigenvalue weighted by molar-refractivity contribution is 6.21. The molecule has 5 nitrogen and oxygen atoms in total. The van der Waals surface area contributed by atoms with Crippen LogP contribution in [0.25, 0.3) is 0 Å². The number of hydrogen-bond acceptors (Lipinski definition) is 3. The van der Waals surface area contributed by atoms with Crippen molar-refractivity contribution >= 4 is 17.7 Å². The third kappa shape index (κ3) is 3.38. The highest BCUT2D eigenvalue weighted by Crippen LogP contribution is 2.23. The van der Waals surface area contributed by atoms with Gasteiger partial charge in [0, 0.05) is 13.0 Å². The lowest BCUT2D eigenvalue weighted by Crippen LogP contribution is -2.35. The first-order chi connectivity index (χ1) is 12.4. The molecule has 0 radical (unpaired) electrons. The molecule has 0 aliphatic carbocycles. The molecular weight excluding hydrogens is 328 g/mol.